The fourth-order valence-corrected chi connectivity index (χ4v) is 5.67. The number of nitrogens with one attached hydrogen (secondary N) is 1. The molecule has 10 heteroatoms. The predicted molar refractivity (Wildman–Crippen MR) is 130 cm³/mol. The zero-order chi connectivity index (χ0) is 23.8. The van der Waals surface area contributed by atoms with E-state index >= 15 is 0 Å². The number of benzene rings is 1. The molecule has 9 nitrogen and oxygen atoms in total. The van der Waals surface area contributed by atoms with E-state index in [1.54, 1.807) is 0 Å². The number of rotatable bonds is 4. The number of carbonyl (C=O) groups is 4. The number of hydrogen-bond donors (Lipinski definition) is 2. The summed E-state index contributed by atoms with van der Waals surface area (Å²) in [6.07, 6.45) is 7.33. The summed E-state index contributed by atoms with van der Waals surface area (Å²) >= 11 is 0. The highest BCUT2D eigenvalue weighted by Crippen LogP contribution is 2.35. The Morgan fingerprint density at radius 3 is 2.34 bits per heavy atom. The molecular weight excluding hydrogens is 472 g/mol. The second kappa shape index (κ2) is 10.4. The van der Waals surface area contributed by atoms with Gasteiger partial charge >= 0.3 is 5.97 Å². The van der Waals surface area contributed by atoms with E-state index in [0.29, 0.717) is 38.8 Å². The molecule has 1 unspecified atom stereocenters. The predicted octanol–water partition coefficient (Wildman–Crippen LogP) is 3.03. The van der Waals surface area contributed by atoms with Crippen LogP contribution in [-0.2, 0) is 19.2 Å². The van der Waals surface area contributed by atoms with Crippen molar-refractivity contribution in [3.05, 3.63) is 30.0 Å². The number of carboxylic acids is 1. The minimum absolute atomic E-state index is 0. The number of likely N-dealkylation sites (tertiary alicyclic amines) is 1. The van der Waals surface area contributed by atoms with E-state index in [1.165, 1.54) is 0 Å². The normalized spacial score (nSPS) is 25.7. The first-order valence-corrected chi connectivity index (χ1v) is 12.2. The lowest BCUT2D eigenvalue weighted by Crippen LogP contribution is -2.43. The van der Waals surface area contributed by atoms with Gasteiger partial charge in [0.25, 0.3) is 0 Å². The van der Waals surface area contributed by atoms with E-state index in [4.69, 9.17) is 10.2 Å². The van der Waals surface area contributed by atoms with Gasteiger partial charge in [-0.2, -0.15) is 5.10 Å². The Morgan fingerprint density at radius 2 is 1.69 bits per heavy atom. The Bertz CT molecular complexity index is 1130. The number of hydrogen-bond acceptors (Lipinski definition) is 5. The molecule has 5 rings (SSSR count). The molecule has 2 saturated heterocycles. The number of carbonyl (C=O) groups excluding carboxylic acids is 3. The third-order valence-corrected chi connectivity index (χ3v) is 7.76. The van der Waals surface area contributed by atoms with E-state index in [0.717, 1.165) is 42.1 Å². The minimum Gasteiger partial charge on any atom is -0.481 e. The standard InChI is InChI=1S/C25H30N4O5.ClH/c30-22-8-6-20(23(31)26-22)17-3-7-21-18(13-17)14-29(27-21)19-4-1-15(2-5-19)24(32)28-11-9-16(10-12-28)25(33)34;/h3,7,13-16,19-20H,1-2,4-6,8-12H2,(H,33,34)(H,26,30,31);1H. The van der Waals surface area contributed by atoms with Gasteiger partial charge in [0.05, 0.1) is 23.4 Å². The quantitative estimate of drug-likeness (QED) is 0.620. The van der Waals surface area contributed by atoms with Crippen molar-refractivity contribution in [3.8, 4) is 0 Å². The molecule has 3 heterocycles. The number of amides is 3. The van der Waals surface area contributed by atoms with Gasteiger partial charge in [-0.3, -0.25) is 29.2 Å². The fraction of sp³-hybridized carbons (Fsp3) is 0.560. The van der Waals surface area contributed by atoms with Crippen LogP contribution in [0.1, 0.15) is 68.9 Å². The lowest BCUT2D eigenvalue weighted by atomic mass is 9.84. The lowest BCUT2D eigenvalue weighted by Gasteiger charge is -2.35. The summed E-state index contributed by atoms with van der Waals surface area (Å²) in [5, 5.41) is 17.3. The fourth-order valence-electron chi connectivity index (χ4n) is 5.67. The van der Waals surface area contributed by atoms with E-state index in [1.807, 2.05) is 34.0 Å². The van der Waals surface area contributed by atoms with Crippen LogP contribution in [0.15, 0.2) is 24.4 Å². The second-order valence-electron chi connectivity index (χ2n) is 9.87. The van der Waals surface area contributed by atoms with Crippen LogP contribution in [0.2, 0.25) is 0 Å². The van der Waals surface area contributed by atoms with Crippen LogP contribution < -0.4 is 5.32 Å². The van der Waals surface area contributed by atoms with Crippen molar-refractivity contribution in [2.24, 2.45) is 11.8 Å². The number of aromatic nitrogens is 2. The van der Waals surface area contributed by atoms with Crippen LogP contribution in [-0.4, -0.2) is 56.6 Å². The Labute approximate surface area is 209 Å². The van der Waals surface area contributed by atoms with Crippen molar-refractivity contribution in [3.63, 3.8) is 0 Å². The van der Waals surface area contributed by atoms with Crippen LogP contribution in [0.3, 0.4) is 0 Å². The molecule has 1 aromatic heterocycles. The molecule has 1 atom stereocenters. The molecular formula is C25H31ClN4O5. The van der Waals surface area contributed by atoms with Gasteiger partial charge in [-0.15, -0.1) is 12.4 Å². The van der Waals surface area contributed by atoms with Crippen molar-refractivity contribution in [2.75, 3.05) is 13.1 Å². The molecule has 2 N–H and O–H groups in total. The summed E-state index contributed by atoms with van der Waals surface area (Å²) in [5.74, 6) is -1.68. The van der Waals surface area contributed by atoms with Crippen LogP contribution in [0, 0.1) is 11.8 Å². The summed E-state index contributed by atoms with van der Waals surface area (Å²) in [7, 11) is 0. The van der Waals surface area contributed by atoms with Gasteiger partial charge in [0.15, 0.2) is 0 Å². The van der Waals surface area contributed by atoms with Gasteiger partial charge in [0.1, 0.15) is 0 Å². The molecule has 3 aliphatic rings. The molecule has 1 aliphatic carbocycles. The molecule has 188 valence electrons. The maximum atomic E-state index is 13.0. The second-order valence-corrected chi connectivity index (χ2v) is 9.87. The van der Waals surface area contributed by atoms with Crippen LogP contribution in [0.4, 0.5) is 0 Å². The first kappa shape index (κ1) is 25.2. The number of halogens is 1. The summed E-state index contributed by atoms with van der Waals surface area (Å²) in [6.45, 7) is 1.07. The van der Waals surface area contributed by atoms with E-state index < -0.39 is 5.97 Å². The highest BCUT2D eigenvalue weighted by atomic mass is 35.5. The zero-order valence-electron chi connectivity index (χ0n) is 19.5. The molecule has 3 fully saturated rings. The SMILES string of the molecule is Cl.O=C1CCC(c2ccc3nn(C4CCC(C(=O)N5CCC(C(=O)O)CC5)CC4)cc3c2)C(=O)N1. The van der Waals surface area contributed by atoms with Crippen LogP contribution in [0.25, 0.3) is 10.9 Å². The van der Waals surface area contributed by atoms with Crippen molar-refractivity contribution in [1.29, 1.82) is 0 Å². The van der Waals surface area contributed by atoms with Crippen molar-refractivity contribution in [1.82, 2.24) is 20.0 Å². The van der Waals surface area contributed by atoms with Gasteiger partial charge in [-0.1, -0.05) is 6.07 Å². The van der Waals surface area contributed by atoms with Crippen LogP contribution >= 0.6 is 12.4 Å². The first-order valence-electron chi connectivity index (χ1n) is 12.2. The van der Waals surface area contributed by atoms with Crippen LogP contribution in [0.5, 0.6) is 0 Å². The lowest BCUT2D eigenvalue weighted by molar-refractivity contribution is -0.147. The first-order chi connectivity index (χ1) is 16.4. The number of fused-ring (bicyclic) bond motifs is 1. The van der Waals surface area contributed by atoms with Gasteiger partial charge in [0, 0.05) is 37.0 Å². The zero-order valence-corrected chi connectivity index (χ0v) is 20.3. The average Bonchev–Trinajstić information content (AvgIpc) is 3.27. The molecule has 0 spiro atoms. The average molecular weight is 503 g/mol. The molecule has 0 radical (unpaired) electrons. The van der Waals surface area contributed by atoms with Gasteiger partial charge in [0.2, 0.25) is 17.7 Å². The number of carboxylic acid groups (broad SMARTS) is 1. The van der Waals surface area contributed by atoms with E-state index in [9.17, 15) is 19.2 Å². The molecule has 0 bridgehead atoms. The van der Waals surface area contributed by atoms with Crippen molar-refractivity contribution < 1.29 is 24.3 Å². The van der Waals surface area contributed by atoms with Gasteiger partial charge < -0.3 is 10.0 Å². The minimum atomic E-state index is -0.761. The molecule has 35 heavy (non-hydrogen) atoms. The highest BCUT2D eigenvalue weighted by Gasteiger charge is 2.34. The molecule has 3 amide bonds. The summed E-state index contributed by atoms with van der Waals surface area (Å²) in [5.41, 5.74) is 1.77. The van der Waals surface area contributed by atoms with E-state index in [2.05, 4.69) is 5.32 Å². The van der Waals surface area contributed by atoms with Crippen molar-refractivity contribution in [2.45, 2.75) is 63.3 Å². The van der Waals surface area contributed by atoms with Crippen molar-refractivity contribution >= 4 is 47.0 Å². The molecule has 1 aromatic carbocycles. The number of aliphatic carboxylic acids is 1. The molecule has 1 saturated carbocycles. The Kier molecular flexibility index (Phi) is 7.44. The van der Waals surface area contributed by atoms with Gasteiger partial charge in [-0.05, 0) is 62.6 Å². The summed E-state index contributed by atoms with van der Waals surface area (Å²) in [4.78, 5) is 49.6. The number of piperidine rings is 2. The third kappa shape index (κ3) is 5.19. The maximum Gasteiger partial charge on any atom is 0.306 e. The van der Waals surface area contributed by atoms with Gasteiger partial charge in [-0.25, -0.2) is 0 Å². The highest BCUT2D eigenvalue weighted by molar-refractivity contribution is 6.01. The topological polar surface area (TPSA) is 122 Å². The molecule has 2 aromatic rings. The number of imide groups is 1. The summed E-state index contributed by atoms with van der Waals surface area (Å²) in [6, 6.07) is 6.08. The van der Waals surface area contributed by atoms with E-state index in [-0.39, 0.29) is 53.9 Å². The maximum absolute atomic E-state index is 13.0. The number of nitrogens with zero attached hydrogens (tertiary/aromatic N) is 3. The smallest absolute Gasteiger partial charge is 0.306 e. The summed E-state index contributed by atoms with van der Waals surface area (Å²) < 4.78 is 2.00. The Balaban J connectivity index is 0.00000289. The Hall–Kier alpha value is -2.94. The Morgan fingerprint density at radius 1 is 0.971 bits per heavy atom. The monoisotopic (exact) mass is 502 g/mol. The molecule has 2 aliphatic heterocycles. The largest absolute Gasteiger partial charge is 0.481 e. The third-order valence-electron chi connectivity index (χ3n) is 7.76.